The lowest BCUT2D eigenvalue weighted by atomic mass is 9.66. The Morgan fingerprint density at radius 3 is 2.32 bits per heavy atom. The number of amides is 2. The quantitative estimate of drug-likeness (QED) is 0.379. The fourth-order valence-corrected chi connectivity index (χ4v) is 5.51. The Labute approximate surface area is 245 Å². The molecule has 0 saturated carbocycles. The highest BCUT2D eigenvalue weighted by Gasteiger charge is 2.50. The van der Waals surface area contributed by atoms with E-state index in [-0.39, 0.29) is 23.0 Å². The number of benzene rings is 2. The van der Waals surface area contributed by atoms with Crippen LogP contribution in [0.3, 0.4) is 0 Å². The van der Waals surface area contributed by atoms with Crippen LogP contribution in [0, 0.1) is 11.3 Å². The Kier molecular flexibility index (Phi) is 8.85. The number of hydrogen-bond acceptors (Lipinski definition) is 6. The summed E-state index contributed by atoms with van der Waals surface area (Å²) in [6, 6.07) is 16.4. The summed E-state index contributed by atoms with van der Waals surface area (Å²) in [5.74, 6) is -1.52. The van der Waals surface area contributed by atoms with Gasteiger partial charge in [0, 0.05) is 40.9 Å². The number of esters is 1. The maximum atomic E-state index is 13.8. The molecule has 216 valence electrons. The predicted molar refractivity (Wildman–Crippen MR) is 157 cm³/mol. The minimum absolute atomic E-state index is 0.201. The molecule has 2 atom stereocenters. The van der Waals surface area contributed by atoms with Crippen molar-refractivity contribution in [1.29, 1.82) is 0 Å². The second-order valence-corrected chi connectivity index (χ2v) is 11.9. The van der Waals surface area contributed by atoms with E-state index in [0.717, 1.165) is 5.56 Å². The summed E-state index contributed by atoms with van der Waals surface area (Å²) < 4.78 is 4.89. The highest BCUT2D eigenvalue weighted by molar-refractivity contribution is 6.30. The van der Waals surface area contributed by atoms with E-state index in [4.69, 9.17) is 16.3 Å². The number of ether oxygens (including phenoxy) is 1. The van der Waals surface area contributed by atoms with Crippen LogP contribution in [0.4, 0.5) is 0 Å². The van der Waals surface area contributed by atoms with E-state index in [0.29, 0.717) is 35.8 Å². The smallest absolute Gasteiger partial charge is 0.337 e. The van der Waals surface area contributed by atoms with Gasteiger partial charge in [0.05, 0.1) is 24.0 Å². The van der Waals surface area contributed by atoms with Gasteiger partial charge in [0.15, 0.2) is 0 Å². The second-order valence-electron chi connectivity index (χ2n) is 11.5. The predicted octanol–water partition coefficient (Wildman–Crippen LogP) is 5.09. The zero-order valence-corrected chi connectivity index (χ0v) is 24.7. The molecule has 0 aliphatic carbocycles. The molecule has 2 amide bonds. The van der Waals surface area contributed by atoms with Crippen LogP contribution in [-0.2, 0) is 15.1 Å². The number of aromatic nitrogens is 1. The van der Waals surface area contributed by atoms with Gasteiger partial charge in [0.2, 0.25) is 5.91 Å². The number of likely N-dealkylation sites (tertiary alicyclic amines) is 1. The third kappa shape index (κ3) is 6.29. The Hall–Kier alpha value is -3.75. The third-order valence-corrected chi connectivity index (χ3v) is 8.13. The van der Waals surface area contributed by atoms with Crippen LogP contribution in [-0.4, -0.2) is 59.0 Å². The molecule has 2 unspecified atom stereocenters. The SMILES string of the molecule is COC(=O)c1cc(C(=O)NC(C(=O)N2CCC(O)(c3ccc(Cl)cc3)C(C)(C)C2)C(C)C)cc(-c2ccccn2)c1. The monoisotopic (exact) mass is 577 g/mol. The van der Waals surface area contributed by atoms with Gasteiger partial charge in [0.25, 0.3) is 5.91 Å². The molecule has 0 spiro atoms. The number of aliphatic hydroxyl groups is 1. The van der Waals surface area contributed by atoms with Gasteiger partial charge in [-0.15, -0.1) is 0 Å². The topological polar surface area (TPSA) is 109 Å². The molecule has 2 aromatic carbocycles. The van der Waals surface area contributed by atoms with Gasteiger partial charge in [-0.2, -0.15) is 0 Å². The number of methoxy groups -OCH3 is 1. The lowest BCUT2D eigenvalue weighted by Gasteiger charge is -2.51. The zero-order chi connectivity index (χ0) is 29.9. The minimum Gasteiger partial charge on any atom is -0.465 e. The van der Waals surface area contributed by atoms with E-state index in [2.05, 4.69) is 10.3 Å². The molecule has 0 bridgehead atoms. The average Bonchev–Trinajstić information content (AvgIpc) is 2.96. The van der Waals surface area contributed by atoms with Gasteiger partial charge in [0.1, 0.15) is 6.04 Å². The molecule has 9 heteroatoms. The van der Waals surface area contributed by atoms with Crippen molar-refractivity contribution in [3.8, 4) is 11.3 Å². The van der Waals surface area contributed by atoms with E-state index in [1.807, 2.05) is 45.9 Å². The lowest BCUT2D eigenvalue weighted by Crippen LogP contribution is -2.60. The summed E-state index contributed by atoms with van der Waals surface area (Å²) >= 11 is 6.06. The molecule has 3 aromatic rings. The molecule has 41 heavy (non-hydrogen) atoms. The Balaban J connectivity index is 1.57. The van der Waals surface area contributed by atoms with E-state index < -0.39 is 28.9 Å². The van der Waals surface area contributed by atoms with Gasteiger partial charge in [-0.25, -0.2) is 4.79 Å². The van der Waals surface area contributed by atoms with Crippen LogP contribution in [0.2, 0.25) is 5.02 Å². The minimum atomic E-state index is -1.15. The van der Waals surface area contributed by atoms with E-state index >= 15 is 0 Å². The molecule has 2 N–H and O–H groups in total. The first kappa shape index (κ1) is 30.2. The van der Waals surface area contributed by atoms with Crippen LogP contribution < -0.4 is 5.32 Å². The summed E-state index contributed by atoms with van der Waals surface area (Å²) in [5.41, 5.74) is 0.503. The molecule has 1 fully saturated rings. The fourth-order valence-electron chi connectivity index (χ4n) is 5.38. The van der Waals surface area contributed by atoms with E-state index in [9.17, 15) is 19.5 Å². The van der Waals surface area contributed by atoms with Crippen molar-refractivity contribution in [2.45, 2.75) is 45.8 Å². The van der Waals surface area contributed by atoms with Crippen molar-refractivity contribution in [3.05, 3.63) is 88.6 Å². The molecule has 8 nitrogen and oxygen atoms in total. The van der Waals surface area contributed by atoms with Crippen LogP contribution in [0.5, 0.6) is 0 Å². The number of hydrogen-bond donors (Lipinski definition) is 2. The number of nitrogens with zero attached hydrogens (tertiary/aromatic N) is 2. The highest BCUT2D eigenvalue weighted by Crippen LogP contribution is 2.46. The number of rotatable bonds is 7. The fraction of sp³-hybridized carbons (Fsp3) is 0.375. The number of carbonyl (C=O) groups is 3. The first-order valence-electron chi connectivity index (χ1n) is 13.6. The summed E-state index contributed by atoms with van der Waals surface area (Å²) in [5, 5.41) is 15.2. The molecule has 1 aliphatic rings. The van der Waals surface area contributed by atoms with Gasteiger partial charge in [-0.3, -0.25) is 14.6 Å². The van der Waals surface area contributed by atoms with Crippen LogP contribution >= 0.6 is 11.6 Å². The number of carbonyl (C=O) groups excluding carboxylic acids is 3. The van der Waals surface area contributed by atoms with Crippen molar-refractivity contribution in [2.75, 3.05) is 20.2 Å². The maximum Gasteiger partial charge on any atom is 0.337 e. The Morgan fingerprint density at radius 1 is 1.05 bits per heavy atom. The van der Waals surface area contributed by atoms with Crippen LogP contribution in [0.15, 0.2) is 66.9 Å². The summed E-state index contributed by atoms with van der Waals surface area (Å²) in [6.07, 6.45) is 1.96. The normalized spacial score (nSPS) is 19.0. The molecule has 4 rings (SSSR count). The number of pyridine rings is 1. The molecule has 1 aromatic heterocycles. The summed E-state index contributed by atoms with van der Waals surface area (Å²) in [4.78, 5) is 45.8. The molecular weight excluding hydrogens is 542 g/mol. The van der Waals surface area contributed by atoms with Crippen molar-refractivity contribution in [3.63, 3.8) is 0 Å². The Morgan fingerprint density at radius 2 is 1.73 bits per heavy atom. The van der Waals surface area contributed by atoms with Crippen molar-refractivity contribution in [2.24, 2.45) is 11.3 Å². The first-order chi connectivity index (χ1) is 19.4. The number of halogens is 1. The van der Waals surface area contributed by atoms with E-state index in [1.54, 1.807) is 47.5 Å². The van der Waals surface area contributed by atoms with Crippen LogP contribution in [0.25, 0.3) is 11.3 Å². The van der Waals surface area contributed by atoms with Crippen molar-refractivity contribution in [1.82, 2.24) is 15.2 Å². The lowest BCUT2D eigenvalue weighted by molar-refractivity contribution is -0.155. The number of piperidine rings is 1. The van der Waals surface area contributed by atoms with Crippen molar-refractivity contribution >= 4 is 29.4 Å². The van der Waals surface area contributed by atoms with E-state index in [1.165, 1.54) is 13.2 Å². The molecule has 0 radical (unpaired) electrons. The highest BCUT2D eigenvalue weighted by atomic mass is 35.5. The molecule has 1 saturated heterocycles. The largest absolute Gasteiger partial charge is 0.465 e. The second kappa shape index (κ2) is 12.0. The van der Waals surface area contributed by atoms with Gasteiger partial charge in [-0.1, -0.05) is 57.5 Å². The molecule has 2 heterocycles. The first-order valence-corrected chi connectivity index (χ1v) is 14.0. The standard InChI is InChI=1S/C32H36ClN3O5/c1-20(2)27(29(38)36-15-13-32(40,31(3,4)19-36)24-9-11-25(33)12-10-24)35-28(37)22-16-21(26-8-6-7-14-34-26)17-23(18-22)30(39)41-5/h6-12,14,16-18,20,27,40H,13,15,19H2,1-5H3,(H,35,37). The van der Waals surface area contributed by atoms with Crippen molar-refractivity contribution < 1.29 is 24.2 Å². The van der Waals surface area contributed by atoms with Gasteiger partial charge < -0.3 is 20.1 Å². The summed E-state index contributed by atoms with van der Waals surface area (Å²) in [7, 11) is 1.27. The summed E-state index contributed by atoms with van der Waals surface area (Å²) in [6.45, 7) is 8.22. The zero-order valence-electron chi connectivity index (χ0n) is 24.0. The average molecular weight is 578 g/mol. The Bertz CT molecular complexity index is 1430. The molecule has 1 aliphatic heterocycles. The van der Waals surface area contributed by atoms with Gasteiger partial charge >= 0.3 is 5.97 Å². The number of nitrogens with one attached hydrogen (secondary N) is 1. The maximum absolute atomic E-state index is 13.8. The van der Waals surface area contributed by atoms with Crippen LogP contribution in [0.1, 0.15) is 60.4 Å². The van der Waals surface area contributed by atoms with Gasteiger partial charge in [-0.05, 0) is 60.4 Å². The molecular formula is C32H36ClN3O5. The third-order valence-electron chi connectivity index (χ3n) is 7.88.